The molecule has 20 heavy (non-hydrogen) atoms. The molecular weight excluding hydrogens is 244 g/mol. The summed E-state index contributed by atoms with van der Waals surface area (Å²) >= 11 is 0. The summed E-state index contributed by atoms with van der Waals surface area (Å²) in [5, 5.41) is 0. The van der Waals surface area contributed by atoms with Crippen molar-refractivity contribution in [1.82, 2.24) is 0 Å². The number of carbonyl (C=O) groups excluding carboxylic acids is 1. The number of benzene rings is 2. The highest BCUT2D eigenvalue weighted by Gasteiger charge is 2.11. The molecule has 0 fully saturated rings. The molecule has 0 saturated heterocycles. The molecule has 0 amide bonds. The molecule has 1 heteroatoms. The summed E-state index contributed by atoms with van der Waals surface area (Å²) in [4.78, 5) is 12.4. The van der Waals surface area contributed by atoms with E-state index in [4.69, 9.17) is 0 Å². The van der Waals surface area contributed by atoms with Crippen LogP contribution in [-0.4, -0.2) is 5.78 Å². The molecule has 104 valence electrons. The molecule has 0 N–H and O–H groups in total. The van der Waals surface area contributed by atoms with Gasteiger partial charge in [0.2, 0.25) is 0 Å². The number of aryl methyl sites for hydroxylation is 5. The molecular formula is C19H22O. The summed E-state index contributed by atoms with van der Waals surface area (Å²) in [5.74, 6) is 0.249. The van der Waals surface area contributed by atoms with E-state index in [-0.39, 0.29) is 5.78 Å². The van der Waals surface area contributed by atoms with Gasteiger partial charge in [0.25, 0.3) is 0 Å². The van der Waals surface area contributed by atoms with Crippen LogP contribution in [0.25, 0.3) is 0 Å². The summed E-state index contributed by atoms with van der Waals surface area (Å²) in [5.41, 5.74) is 6.89. The lowest BCUT2D eigenvalue weighted by Crippen LogP contribution is -2.06. The molecule has 0 spiro atoms. The first-order valence-corrected chi connectivity index (χ1v) is 7.14. The third-order valence-corrected chi connectivity index (χ3v) is 3.97. The van der Waals surface area contributed by atoms with Crippen molar-refractivity contribution in [2.75, 3.05) is 0 Å². The van der Waals surface area contributed by atoms with E-state index in [1.54, 1.807) is 0 Å². The Morgan fingerprint density at radius 2 is 1.50 bits per heavy atom. The maximum atomic E-state index is 12.4. The highest BCUT2D eigenvalue weighted by Crippen LogP contribution is 2.18. The molecule has 0 unspecified atom stereocenters. The molecule has 2 aromatic rings. The van der Waals surface area contributed by atoms with Crippen molar-refractivity contribution in [3.05, 3.63) is 69.8 Å². The average molecular weight is 266 g/mol. The number of hydrogen-bond donors (Lipinski definition) is 0. The minimum absolute atomic E-state index is 0.249. The van der Waals surface area contributed by atoms with Crippen LogP contribution in [-0.2, 0) is 6.42 Å². The fraction of sp³-hybridized carbons (Fsp3) is 0.316. The fourth-order valence-electron chi connectivity index (χ4n) is 2.60. The van der Waals surface area contributed by atoms with Gasteiger partial charge in [-0.2, -0.15) is 0 Å². The average Bonchev–Trinajstić information content (AvgIpc) is 2.40. The Labute approximate surface area is 121 Å². The van der Waals surface area contributed by atoms with E-state index in [2.05, 4.69) is 32.0 Å². The van der Waals surface area contributed by atoms with Crippen molar-refractivity contribution >= 4 is 5.78 Å². The highest BCUT2D eigenvalue weighted by atomic mass is 16.1. The van der Waals surface area contributed by atoms with Crippen LogP contribution in [0.4, 0.5) is 0 Å². The first-order valence-electron chi connectivity index (χ1n) is 7.14. The van der Waals surface area contributed by atoms with E-state index in [1.165, 1.54) is 16.7 Å². The van der Waals surface area contributed by atoms with E-state index in [0.717, 1.165) is 23.1 Å². The molecule has 1 nitrogen and oxygen atoms in total. The minimum atomic E-state index is 0.249. The first kappa shape index (κ1) is 14.5. The van der Waals surface area contributed by atoms with Crippen LogP contribution in [0.1, 0.15) is 44.6 Å². The molecule has 2 aromatic carbocycles. The molecule has 0 heterocycles. The van der Waals surface area contributed by atoms with Gasteiger partial charge in [-0.3, -0.25) is 4.79 Å². The van der Waals surface area contributed by atoms with E-state index in [1.807, 2.05) is 32.0 Å². The van der Waals surface area contributed by atoms with E-state index in [9.17, 15) is 4.79 Å². The van der Waals surface area contributed by atoms with E-state index < -0.39 is 0 Å². The van der Waals surface area contributed by atoms with E-state index >= 15 is 0 Å². The summed E-state index contributed by atoms with van der Waals surface area (Å²) in [6.07, 6.45) is 1.39. The lowest BCUT2D eigenvalue weighted by Gasteiger charge is -2.09. The van der Waals surface area contributed by atoms with Gasteiger partial charge >= 0.3 is 0 Å². The lowest BCUT2D eigenvalue weighted by molar-refractivity contribution is 0.0981. The number of Topliss-reactive ketones (excluding diaryl/α,β-unsaturated/α-hetero) is 1. The first-order chi connectivity index (χ1) is 9.49. The Kier molecular flexibility index (Phi) is 4.39. The summed E-state index contributed by atoms with van der Waals surface area (Å²) in [7, 11) is 0. The van der Waals surface area contributed by atoms with Gasteiger partial charge in [0.15, 0.2) is 5.78 Å². The van der Waals surface area contributed by atoms with Crippen molar-refractivity contribution in [2.24, 2.45) is 0 Å². The van der Waals surface area contributed by atoms with Crippen LogP contribution >= 0.6 is 0 Å². The van der Waals surface area contributed by atoms with Crippen LogP contribution in [0.5, 0.6) is 0 Å². The van der Waals surface area contributed by atoms with E-state index in [0.29, 0.717) is 6.42 Å². The summed E-state index contributed by atoms with van der Waals surface area (Å²) in [6.45, 7) is 8.25. The van der Waals surface area contributed by atoms with Gasteiger partial charge in [0, 0.05) is 12.0 Å². The van der Waals surface area contributed by atoms with Crippen molar-refractivity contribution in [3.8, 4) is 0 Å². The predicted octanol–water partition coefficient (Wildman–Crippen LogP) is 4.74. The van der Waals surface area contributed by atoms with Crippen molar-refractivity contribution in [1.29, 1.82) is 0 Å². The second-order valence-electron chi connectivity index (χ2n) is 5.61. The quantitative estimate of drug-likeness (QED) is 0.731. The van der Waals surface area contributed by atoms with Crippen LogP contribution in [0.15, 0.2) is 36.4 Å². The zero-order valence-electron chi connectivity index (χ0n) is 12.8. The van der Waals surface area contributed by atoms with Gasteiger partial charge in [-0.1, -0.05) is 36.4 Å². The summed E-state index contributed by atoms with van der Waals surface area (Å²) < 4.78 is 0. The second-order valence-corrected chi connectivity index (χ2v) is 5.61. The van der Waals surface area contributed by atoms with Crippen molar-refractivity contribution < 1.29 is 4.79 Å². The number of carbonyl (C=O) groups is 1. The largest absolute Gasteiger partial charge is 0.294 e. The van der Waals surface area contributed by atoms with Gasteiger partial charge in [-0.25, -0.2) is 0 Å². The molecule has 0 radical (unpaired) electrons. The Hall–Kier alpha value is -1.89. The standard InChI is InChI=1S/C19H22O/c1-13-8-9-17(12-16(13)4)10-11-18(20)19-14(2)6-5-7-15(19)3/h5-9,12H,10-11H2,1-4H3. The molecule has 0 saturated carbocycles. The van der Waals surface area contributed by atoms with Crippen molar-refractivity contribution in [3.63, 3.8) is 0 Å². The maximum absolute atomic E-state index is 12.4. The van der Waals surface area contributed by atoms with Crippen LogP contribution in [0.3, 0.4) is 0 Å². The SMILES string of the molecule is Cc1ccc(CCC(=O)c2c(C)cccc2C)cc1C. The topological polar surface area (TPSA) is 17.1 Å². The number of rotatable bonds is 4. The Bertz CT molecular complexity index is 618. The predicted molar refractivity (Wildman–Crippen MR) is 84.5 cm³/mol. The van der Waals surface area contributed by atoms with Gasteiger partial charge in [-0.05, 0) is 61.9 Å². The Morgan fingerprint density at radius 1 is 0.850 bits per heavy atom. The molecule has 0 aliphatic rings. The van der Waals surface area contributed by atoms with Crippen LogP contribution < -0.4 is 0 Å². The molecule has 0 aliphatic heterocycles. The normalized spacial score (nSPS) is 10.6. The zero-order chi connectivity index (χ0) is 14.7. The Morgan fingerprint density at radius 3 is 2.10 bits per heavy atom. The smallest absolute Gasteiger partial charge is 0.163 e. The van der Waals surface area contributed by atoms with Crippen LogP contribution in [0, 0.1) is 27.7 Å². The fourth-order valence-corrected chi connectivity index (χ4v) is 2.60. The van der Waals surface area contributed by atoms with Gasteiger partial charge in [-0.15, -0.1) is 0 Å². The van der Waals surface area contributed by atoms with Crippen LogP contribution in [0.2, 0.25) is 0 Å². The van der Waals surface area contributed by atoms with Gasteiger partial charge in [0.1, 0.15) is 0 Å². The third-order valence-electron chi connectivity index (χ3n) is 3.97. The van der Waals surface area contributed by atoms with Crippen molar-refractivity contribution in [2.45, 2.75) is 40.5 Å². The molecule has 0 aromatic heterocycles. The second kappa shape index (κ2) is 6.04. The number of hydrogen-bond acceptors (Lipinski definition) is 1. The minimum Gasteiger partial charge on any atom is -0.294 e. The molecule has 0 bridgehead atoms. The number of ketones is 1. The van der Waals surface area contributed by atoms with Gasteiger partial charge < -0.3 is 0 Å². The Balaban J connectivity index is 2.11. The van der Waals surface area contributed by atoms with Gasteiger partial charge in [0.05, 0.1) is 0 Å². The lowest BCUT2D eigenvalue weighted by atomic mass is 9.95. The maximum Gasteiger partial charge on any atom is 0.163 e. The molecule has 0 aliphatic carbocycles. The summed E-state index contributed by atoms with van der Waals surface area (Å²) in [6, 6.07) is 12.5. The highest BCUT2D eigenvalue weighted by molar-refractivity contribution is 5.98. The molecule has 0 atom stereocenters. The third kappa shape index (κ3) is 3.16. The monoisotopic (exact) mass is 266 g/mol. The molecule has 2 rings (SSSR count). The zero-order valence-corrected chi connectivity index (χ0v) is 12.8.